The molecule has 150 valence electrons. The molecule has 0 spiro atoms. The summed E-state index contributed by atoms with van der Waals surface area (Å²) in [4.78, 5) is 23.2. The summed E-state index contributed by atoms with van der Waals surface area (Å²) in [5, 5.41) is 7.17. The Hall–Kier alpha value is -2.49. The average Bonchev–Trinajstić information content (AvgIpc) is 3.23. The molecule has 0 aromatic carbocycles. The van der Waals surface area contributed by atoms with Crippen LogP contribution in [0.4, 0.5) is 5.95 Å². The van der Waals surface area contributed by atoms with E-state index in [9.17, 15) is 13.2 Å². The fourth-order valence-corrected chi connectivity index (χ4v) is 5.05. The number of aryl methyl sites for hydroxylation is 1. The molecular formula is C18H23N5O4S. The highest BCUT2D eigenvalue weighted by molar-refractivity contribution is 7.91. The minimum Gasteiger partial charge on any atom is -0.356 e. The topological polar surface area (TPSA) is 118 Å². The SMILES string of the molecule is Cc1cc(-c2cnc(NC3CC3)nc2CN(C)C(=O)C2CCS(=O)(=O)C2)on1. The minimum atomic E-state index is -3.11. The highest BCUT2D eigenvalue weighted by atomic mass is 32.2. The number of aromatic nitrogens is 3. The van der Waals surface area contributed by atoms with Crippen LogP contribution >= 0.6 is 0 Å². The predicted octanol–water partition coefficient (Wildman–Crippen LogP) is 1.41. The molecule has 3 heterocycles. The molecule has 1 saturated heterocycles. The number of hydrogen-bond acceptors (Lipinski definition) is 8. The lowest BCUT2D eigenvalue weighted by atomic mass is 10.1. The molecule has 1 saturated carbocycles. The first-order chi connectivity index (χ1) is 13.3. The Bertz CT molecular complexity index is 999. The van der Waals surface area contributed by atoms with E-state index in [-0.39, 0.29) is 24.0 Å². The van der Waals surface area contributed by atoms with Gasteiger partial charge in [-0.1, -0.05) is 5.16 Å². The Balaban J connectivity index is 1.57. The van der Waals surface area contributed by atoms with Crippen molar-refractivity contribution in [2.75, 3.05) is 23.9 Å². The van der Waals surface area contributed by atoms with Gasteiger partial charge in [0.15, 0.2) is 15.6 Å². The van der Waals surface area contributed by atoms with Crippen LogP contribution in [-0.2, 0) is 21.2 Å². The van der Waals surface area contributed by atoms with Gasteiger partial charge in [-0.25, -0.2) is 18.4 Å². The molecule has 9 nitrogen and oxygen atoms in total. The zero-order valence-corrected chi connectivity index (χ0v) is 16.7. The molecule has 2 aromatic rings. The van der Waals surface area contributed by atoms with Gasteiger partial charge >= 0.3 is 0 Å². The smallest absolute Gasteiger partial charge is 0.226 e. The summed E-state index contributed by atoms with van der Waals surface area (Å²) in [6.45, 7) is 2.05. The van der Waals surface area contributed by atoms with Crippen LogP contribution in [0.1, 0.15) is 30.7 Å². The first kappa shape index (κ1) is 18.9. The van der Waals surface area contributed by atoms with Crippen LogP contribution in [0.3, 0.4) is 0 Å². The number of nitrogens with zero attached hydrogens (tertiary/aromatic N) is 4. The molecular weight excluding hydrogens is 382 g/mol. The Kier molecular flexibility index (Phi) is 4.82. The maximum Gasteiger partial charge on any atom is 0.226 e. The summed E-state index contributed by atoms with van der Waals surface area (Å²) in [5.74, 6) is 0.371. The van der Waals surface area contributed by atoms with E-state index < -0.39 is 15.8 Å². The van der Waals surface area contributed by atoms with Crippen molar-refractivity contribution in [3.8, 4) is 11.3 Å². The molecule has 1 atom stereocenters. The van der Waals surface area contributed by atoms with Gasteiger partial charge in [0.05, 0.1) is 40.9 Å². The van der Waals surface area contributed by atoms with Gasteiger partial charge in [0.2, 0.25) is 11.9 Å². The molecule has 28 heavy (non-hydrogen) atoms. The standard InChI is InChI=1S/C18H23N5O4S/c1-11-7-16(27-22-11)14-8-19-18(20-13-3-4-13)21-15(14)9-23(2)17(24)12-5-6-28(25,26)10-12/h7-8,12-13H,3-6,9-10H2,1-2H3,(H,19,20,21). The van der Waals surface area contributed by atoms with Gasteiger partial charge in [-0.15, -0.1) is 0 Å². The van der Waals surface area contributed by atoms with E-state index in [1.165, 1.54) is 4.90 Å². The van der Waals surface area contributed by atoms with Crippen molar-refractivity contribution in [3.05, 3.63) is 23.7 Å². The van der Waals surface area contributed by atoms with Gasteiger partial charge in [-0.3, -0.25) is 4.79 Å². The van der Waals surface area contributed by atoms with Gasteiger partial charge in [-0.05, 0) is 26.2 Å². The molecule has 1 aliphatic carbocycles. The van der Waals surface area contributed by atoms with Gasteiger partial charge in [0, 0.05) is 25.4 Å². The van der Waals surface area contributed by atoms with Gasteiger partial charge in [-0.2, -0.15) is 0 Å². The second kappa shape index (κ2) is 7.16. The summed E-state index contributed by atoms with van der Waals surface area (Å²) < 4.78 is 28.8. The number of hydrogen-bond donors (Lipinski definition) is 1. The highest BCUT2D eigenvalue weighted by Gasteiger charge is 2.35. The Labute approximate surface area is 163 Å². The lowest BCUT2D eigenvalue weighted by molar-refractivity contribution is -0.133. The molecule has 1 amide bonds. The van der Waals surface area contributed by atoms with E-state index in [0.717, 1.165) is 18.5 Å². The number of rotatable bonds is 6. The van der Waals surface area contributed by atoms with E-state index in [1.54, 1.807) is 19.3 Å². The van der Waals surface area contributed by atoms with Crippen molar-refractivity contribution >= 4 is 21.7 Å². The van der Waals surface area contributed by atoms with Crippen molar-refractivity contribution in [1.82, 2.24) is 20.0 Å². The minimum absolute atomic E-state index is 0.0722. The van der Waals surface area contributed by atoms with E-state index in [0.29, 0.717) is 35.4 Å². The fourth-order valence-electron chi connectivity index (χ4n) is 3.32. The molecule has 0 bridgehead atoms. The molecule has 1 aliphatic heterocycles. The molecule has 10 heteroatoms. The van der Waals surface area contributed by atoms with Crippen molar-refractivity contribution in [2.24, 2.45) is 5.92 Å². The zero-order chi connectivity index (χ0) is 19.9. The van der Waals surface area contributed by atoms with Gasteiger partial charge < -0.3 is 14.7 Å². The molecule has 0 radical (unpaired) electrons. The summed E-state index contributed by atoms with van der Waals surface area (Å²) in [5.41, 5.74) is 2.04. The van der Waals surface area contributed by atoms with Crippen molar-refractivity contribution in [2.45, 2.75) is 38.8 Å². The third-order valence-electron chi connectivity index (χ3n) is 5.02. The number of amides is 1. The van der Waals surface area contributed by atoms with Gasteiger partial charge in [0.1, 0.15) is 0 Å². The molecule has 4 rings (SSSR count). The zero-order valence-electron chi connectivity index (χ0n) is 15.9. The van der Waals surface area contributed by atoms with Crippen LogP contribution < -0.4 is 5.32 Å². The van der Waals surface area contributed by atoms with Crippen LogP contribution in [0.5, 0.6) is 0 Å². The second-order valence-corrected chi connectivity index (χ2v) is 9.83. The summed E-state index contributed by atoms with van der Waals surface area (Å²) in [7, 11) is -1.45. The lowest BCUT2D eigenvalue weighted by Crippen LogP contribution is -2.33. The monoisotopic (exact) mass is 405 g/mol. The predicted molar refractivity (Wildman–Crippen MR) is 102 cm³/mol. The normalized spacial score (nSPS) is 20.9. The van der Waals surface area contributed by atoms with Crippen LogP contribution in [-0.4, -0.2) is 58.9 Å². The highest BCUT2D eigenvalue weighted by Crippen LogP contribution is 2.28. The third-order valence-corrected chi connectivity index (χ3v) is 6.78. The maximum atomic E-state index is 12.7. The largest absolute Gasteiger partial charge is 0.356 e. The molecule has 2 aromatic heterocycles. The number of carbonyl (C=O) groups is 1. The lowest BCUT2D eigenvalue weighted by Gasteiger charge is -2.21. The quantitative estimate of drug-likeness (QED) is 0.766. The van der Waals surface area contributed by atoms with Crippen LogP contribution in [0, 0.1) is 12.8 Å². The molecule has 2 fully saturated rings. The maximum absolute atomic E-state index is 12.7. The number of carbonyl (C=O) groups excluding carboxylic acids is 1. The van der Waals surface area contributed by atoms with E-state index in [2.05, 4.69) is 20.4 Å². The Morgan fingerprint density at radius 3 is 2.75 bits per heavy atom. The van der Waals surface area contributed by atoms with Crippen molar-refractivity contribution in [3.63, 3.8) is 0 Å². The molecule has 1 unspecified atom stereocenters. The molecule has 1 N–H and O–H groups in total. The first-order valence-corrected chi connectivity index (χ1v) is 11.1. The van der Waals surface area contributed by atoms with Crippen molar-refractivity contribution in [1.29, 1.82) is 0 Å². The van der Waals surface area contributed by atoms with E-state index in [4.69, 9.17) is 4.52 Å². The number of nitrogens with one attached hydrogen (secondary N) is 1. The summed E-state index contributed by atoms with van der Waals surface area (Å²) >= 11 is 0. The third kappa shape index (κ3) is 4.16. The van der Waals surface area contributed by atoms with Crippen LogP contribution in [0.15, 0.2) is 16.8 Å². The molecule has 2 aliphatic rings. The van der Waals surface area contributed by atoms with E-state index >= 15 is 0 Å². The number of sulfone groups is 1. The van der Waals surface area contributed by atoms with Gasteiger partial charge in [0.25, 0.3) is 0 Å². The Morgan fingerprint density at radius 1 is 1.36 bits per heavy atom. The summed E-state index contributed by atoms with van der Waals surface area (Å²) in [6.07, 6.45) is 4.23. The van der Waals surface area contributed by atoms with Crippen LogP contribution in [0.2, 0.25) is 0 Å². The summed E-state index contributed by atoms with van der Waals surface area (Å²) in [6, 6.07) is 2.19. The van der Waals surface area contributed by atoms with E-state index in [1.807, 2.05) is 6.92 Å². The number of anilines is 1. The second-order valence-electron chi connectivity index (χ2n) is 7.60. The fraction of sp³-hybridized carbons (Fsp3) is 0.556. The first-order valence-electron chi connectivity index (χ1n) is 9.32. The van der Waals surface area contributed by atoms with Crippen LogP contribution in [0.25, 0.3) is 11.3 Å². The Morgan fingerprint density at radius 2 is 2.14 bits per heavy atom. The average molecular weight is 405 g/mol. The van der Waals surface area contributed by atoms with Crippen molar-refractivity contribution < 1.29 is 17.7 Å².